The lowest BCUT2D eigenvalue weighted by Gasteiger charge is -2.19. The summed E-state index contributed by atoms with van der Waals surface area (Å²) in [6.07, 6.45) is 9.70. The second-order valence-electron chi connectivity index (χ2n) is 5.64. The smallest absolute Gasteiger partial charge is 0.138 e. The van der Waals surface area contributed by atoms with Crippen LogP contribution in [0.25, 0.3) is 0 Å². The molecule has 2 aliphatic rings. The van der Waals surface area contributed by atoms with Gasteiger partial charge in [-0.05, 0) is 44.1 Å². The maximum absolute atomic E-state index is 4.35. The molecule has 0 radical (unpaired) electrons. The highest BCUT2D eigenvalue weighted by Crippen LogP contribution is 2.34. The highest BCUT2D eigenvalue weighted by molar-refractivity contribution is 4.92. The zero-order valence-electron chi connectivity index (χ0n) is 10.6. The Morgan fingerprint density at radius 3 is 2.82 bits per heavy atom. The lowest BCUT2D eigenvalue weighted by molar-refractivity contribution is 0.355. The minimum atomic E-state index is 0.809. The first-order valence-electron chi connectivity index (χ1n) is 6.89. The zero-order chi connectivity index (χ0) is 11.7. The number of nitrogens with zero attached hydrogens (tertiary/aromatic N) is 3. The fraction of sp³-hybridized carbons (Fsp3) is 0.846. The molecular weight excluding hydrogens is 212 g/mol. The standard InChI is InChI=1S/C13H22N4/c1-17-13(15-9-16-17)7-10-3-2-4-11(10)8-14-12-5-6-12/h9-12,14H,2-8H2,1H3. The van der Waals surface area contributed by atoms with Gasteiger partial charge in [0, 0.05) is 19.5 Å². The molecule has 17 heavy (non-hydrogen) atoms. The second-order valence-corrected chi connectivity index (χ2v) is 5.64. The third-order valence-electron chi connectivity index (χ3n) is 4.31. The Kier molecular flexibility index (Phi) is 3.14. The van der Waals surface area contributed by atoms with Gasteiger partial charge in [0.1, 0.15) is 12.2 Å². The summed E-state index contributed by atoms with van der Waals surface area (Å²) >= 11 is 0. The molecule has 2 unspecified atom stereocenters. The third-order valence-corrected chi connectivity index (χ3v) is 4.31. The molecule has 1 heterocycles. The van der Waals surface area contributed by atoms with Crippen molar-refractivity contribution in [1.82, 2.24) is 20.1 Å². The number of hydrogen-bond donors (Lipinski definition) is 1. The summed E-state index contributed by atoms with van der Waals surface area (Å²) in [7, 11) is 1.99. The van der Waals surface area contributed by atoms with Crippen molar-refractivity contribution in [2.45, 2.75) is 44.6 Å². The summed E-state index contributed by atoms with van der Waals surface area (Å²) in [4.78, 5) is 4.35. The summed E-state index contributed by atoms with van der Waals surface area (Å²) in [6, 6.07) is 0.839. The molecule has 0 bridgehead atoms. The van der Waals surface area contributed by atoms with Crippen LogP contribution in [-0.4, -0.2) is 27.4 Å². The minimum absolute atomic E-state index is 0.809. The van der Waals surface area contributed by atoms with Crippen molar-refractivity contribution in [2.75, 3.05) is 6.54 Å². The van der Waals surface area contributed by atoms with Gasteiger partial charge in [-0.2, -0.15) is 5.10 Å². The summed E-state index contributed by atoms with van der Waals surface area (Å²) in [5.74, 6) is 2.81. The van der Waals surface area contributed by atoms with E-state index in [0.29, 0.717) is 0 Å². The van der Waals surface area contributed by atoms with E-state index in [1.807, 2.05) is 11.7 Å². The van der Waals surface area contributed by atoms with Gasteiger partial charge in [0.15, 0.2) is 0 Å². The predicted molar refractivity (Wildman–Crippen MR) is 66.6 cm³/mol. The van der Waals surface area contributed by atoms with E-state index in [9.17, 15) is 0 Å². The molecule has 0 aliphatic heterocycles. The van der Waals surface area contributed by atoms with E-state index in [-0.39, 0.29) is 0 Å². The Balaban J connectivity index is 1.55. The first kappa shape index (κ1) is 11.2. The van der Waals surface area contributed by atoms with Gasteiger partial charge in [0.05, 0.1) is 0 Å². The van der Waals surface area contributed by atoms with E-state index in [0.717, 1.165) is 30.1 Å². The molecule has 1 aromatic rings. The lowest BCUT2D eigenvalue weighted by atomic mass is 9.92. The van der Waals surface area contributed by atoms with E-state index in [1.54, 1.807) is 6.33 Å². The van der Waals surface area contributed by atoms with E-state index < -0.39 is 0 Å². The van der Waals surface area contributed by atoms with Crippen LogP contribution >= 0.6 is 0 Å². The molecular formula is C13H22N4. The highest BCUT2D eigenvalue weighted by atomic mass is 15.3. The van der Waals surface area contributed by atoms with Crippen molar-refractivity contribution in [3.05, 3.63) is 12.2 Å². The van der Waals surface area contributed by atoms with Crippen LogP contribution in [0.5, 0.6) is 0 Å². The van der Waals surface area contributed by atoms with Crippen LogP contribution in [0.2, 0.25) is 0 Å². The van der Waals surface area contributed by atoms with Crippen LogP contribution in [0.15, 0.2) is 6.33 Å². The molecule has 2 fully saturated rings. The minimum Gasteiger partial charge on any atom is -0.314 e. The van der Waals surface area contributed by atoms with Crippen LogP contribution in [0.1, 0.15) is 37.9 Å². The summed E-state index contributed by atoms with van der Waals surface area (Å²) in [5, 5.41) is 7.84. The Morgan fingerprint density at radius 2 is 2.12 bits per heavy atom. The Bertz CT molecular complexity index is 369. The molecule has 0 amide bonds. The maximum Gasteiger partial charge on any atom is 0.138 e. The molecule has 0 aromatic carbocycles. The maximum atomic E-state index is 4.35. The third kappa shape index (κ3) is 2.68. The fourth-order valence-corrected chi connectivity index (χ4v) is 3.00. The molecule has 1 N–H and O–H groups in total. The van der Waals surface area contributed by atoms with Crippen molar-refractivity contribution >= 4 is 0 Å². The summed E-state index contributed by atoms with van der Waals surface area (Å²) in [6.45, 7) is 1.22. The van der Waals surface area contributed by atoms with E-state index in [2.05, 4.69) is 15.4 Å². The van der Waals surface area contributed by atoms with Crippen LogP contribution in [0, 0.1) is 11.8 Å². The van der Waals surface area contributed by atoms with E-state index >= 15 is 0 Å². The van der Waals surface area contributed by atoms with Crippen LogP contribution < -0.4 is 5.32 Å². The molecule has 4 heteroatoms. The molecule has 3 rings (SSSR count). The Labute approximate surface area is 103 Å². The quantitative estimate of drug-likeness (QED) is 0.840. The number of nitrogens with one attached hydrogen (secondary N) is 1. The van der Waals surface area contributed by atoms with Crippen molar-refractivity contribution in [3.63, 3.8) is 0 Å². The average Bonchev–Trinajstić information content (AvgIpc) is 2.92. The van der Waals surface area contributed by atoms with E-state index in [4.69, 9.17) is 0 Å². The molecule has 0 spiro atoms. The normalized spacial score (nSPS) is 28.8. The van der Waals surface area contributed by atoms with Crippen LogP contribution in [-0.2, 0) is 13.5 Å². The first-order valence-corrected chi connectivity index (χ1v) is 6.89. The van der Waals surface area contributed by atoms with Gasteiger partial charge in [-0.1, -0.05) is 6.42 Å². The van der Waals surface area contributed by atoms with Gasteiger partial charge >= 0.3 is 0 Å². The van der Waals surface area contributed by atoms with Crippen molar-refractivity contribution in [2.24, 2.45) is 18.9 Å². The van der Waals surface area contributed by atoms with Crippen LogP contribution in [0.4, 0.5) is 0 Å². The largest absolute Gasteiger partial charge is 0.314 e. The van der Waals surface area contributed by atoms with Crippen molar-refractivity contribution < 1.29 is 0 Å². The van der Waals surface area contributed by atoms with Gasteiger partial charge in [0.2, 0.25) is 0 Å². The molecule has 2 atom stereocenters. The Hall–Kier alpha value is -0.900. The lowest BCUT2D eigenvalue weighted by Crippen LogP contribution is -2.28. The van der Waals surface area contributed by atoms with Crippen LogP contribution in [0.3, 0.4) is 0 Å². The Morgan fingerprint density at radius 1 is 1.29 bits per heavy atom. The molecule has 94 valence electrons. The average molecular weight is 234 g/mol. The molecule has 0 saturated heterocycles. The SMILES string of the molecule is Cn1ncnc1CC1CCCC1CNC1CC1. The zero-order valence-corrected chi connectivity index (χ0v) is 10.6. The van der Waals surface area contributed by atoms with Gasteiger partial charge < -0.3 is 5.32 Å². The van der Waals surface area contributed by atoms with Gasteiger partial charge in [0.25, 0.3) is 0 Å². The first-order chi connectivity index (χ1) is 8.33. The van der Waals surface area contributed by atoms with E-state index in [1.165, 1.54) is 38.6 Å². The molecule has 4 nitrogen and oxygen atoms in total. The summed E-state index contributed by atoms with van der Waals surface area (Å²) < 4.78 is 1.92. The second kappa shape index (κ2) is 4.77. The number of aryl methyl sites for hydroxylation is 1. The van der Waals surface area contributed by atoms with Gasteiger partial charge in [-0.15, -0.1) is 0 Å². The molecule has 2 aliphatic carbocycles. The number of rotatable bonds is 5. The van der Waals surface area contributed by atoms with Crippen molar-refractivity contribution in [3.8, 4) is 0 Å². The van der Waals surface area contributed by atoms with Crippen molar-refractivity contribution in [1.29, 1.82) is 0 Å². The fourth-order valence-electron chi connectivity index (χ4n) is 3.00. The number of hydrogen-bond acceptors (Lipinski definition) is 3. The van der Waals surface area contributed by atoms with Gasteiger partial charge in [-0.25, -0.2) is 4.98 Å². The molecule has 2 saturated carbocycles. The monoisotopic (exact) mass is 234 g/mol. The number of aromatic nitrogens is 3. The summed E-state index contributed by atoms with van der Waals surface area (Å²) in [5.41, 5.74) is 0. The van der Waals surface area contributed by atoms with Gasteiger partial charge in [-0.3, -0.25) is 4.68 Å². The molecule has 1 aromatic heterocycles. The predicted octanol–water partition coefficient (Wildman–Crippen LogP) is 1.53. The highest BCUT2D eigenvalue weighted by Gasteiger charge is 2.30. The topological polar surface area (TPSA) is 42.7 Å².